The maximum absolute atomic E-state index is 14.1. The van der Waals surface area contributed by atoms with Crippen LogP contribution in [0.25, 0.3) is 0 Å². The van der Waals surface area contributed by atoms with Gasteiger partial charge in [-0.2, -0.15) is 0 Å². The first-order valence-corrected chi connectivity index (χ1v) is 15.5. The molecule has 0 aliphatic rings. The molecule has 40 heavy (non-hydrogen) atoms. The first kappa shape index (κ1) is 31.2. The molecule has 2 atom stereocenters. The monoisotopic (exact) mass is 583 g/mol. The molecule has 0 aliphatic heterocycles. The molecule has 0 heterocycles. The van der Waals surface area contributed by atoms with E-state index in [1.54, 1.807) is 25.1 Å². The Hall–Kier alpha value is -3.36. The van der Waals surface area contributed by atoms with Crippen LogP contribution in [0.5, 0.6) is 0 Å². The molecule has 1 N–H and O–H groups in total. The second-order valence-electron chi connectivity index (χ2n) is 10.2. The molecule has 0 aromatic heterocycles. The molecule has 9 heteroatoms. The van der Waals surface area contributed by atoms with E-state index in [9.17, 15) is 18.0 Å². The number of hydrogen-bond acceptors (Lipinski definition) is 4. The smallest absolute Gasteiger partial charge is 0.244 e. The summed E-state index contributed by atoms with van der Waals surface area (Å²) >= 11 is 6.11. The fourth-order valence-corrected chi connectivity index (χ4v) is 5.51. The largest absolute Gasteiger partial charge is 0.352 e. The minimum atomic E-state index is -3.85. The lowest BCUT2D eigenvalue weighted by atomic mass is 10.0. The van der Waals surface area contributed by atoms with Crippen LogP contribution in [0.4, 0.5) is 5.69 Å². The zero-order valence-electron chi connectivity index (χ0n) is 23.7. The number of carbonyl (C=O) groups excluding carboxylic acids is 2. The van der Waals surface area contributed by atoms with E-state index in [0.717, 1.165) is 33.7 Å². The summed E-state index contributed by atoms with van der Waals surface area (Å²) in [5.74, 6) is -0.771. The highest BCUT2D eigenvalue weighted by atomic mass is 35.5. The lowest BCUT2D eigenvalue weighted by Crippen LogP contribution is -2.54. The number of carbonyl (C=O) groups is 2. The van der Waals surface area contributed by atoms with Crippen molar-refractivity contribution in [3.8, 4) is 0 Å². The molecule has 2 unspecified atom stereocenters. The van der Waals surface area contributed by atoms with Gasteiger partial charge in [0.15, 0.2) is 0 Å². The first-order chi connectivity index (χ1) is 18.9. The fraction of sp³-hybridized carbons (Fsp3) is 0.355. The summed E-state index contributed by atoms with van der Waals surface area (Å²) in [7, 11) is -3.85. The standard InChI is InChI=1S/C31H38ClN3O4S/c1-6-24(4)33-31(37)29(19-25-10-8-7-9-11-25)34(20-26-14-12-22(2)13-15-26)30(36)21-35(40(5,38)39)28-17-16-27(32)18-23(28)3/h7-18,24,29H,6,19-21H2,1-5H3,(H,33,37). The van der Waals surface area contributed by atoms with Gasteiger partial charge in [-0.15, -0.1) is 0 Å². The van der Waals surface area contributed by atoms with E-state index in [0.29, 0.717) is 16.3 Å². The molecule has 0 saturated carbocycles. The zero-order valence-corrected chi connectivity index (χ0v) is 25.3. The molecule has 0 radical (unpaired) electrons. The van der Waals surface area contributed by atoms with Crippen molar-refractivity contribution in [2.75, 3.05) is 17.1 Å². The van der Waals surface area contributed by atoms with Crippen molar-refractivity contribution in [2.45, 2.75) is 59.2 Å². The summed E-state index contributed by atoms with van der Waals surface area (Å²) in [4.78, 5) is 29.3. The van der Waals surface area contributed by atoms with Gasteiger partial charge in [-0.1, -0.05) is 78.7 Å². The van der Waals surface area contributed by atoms with Gasteiger partial charge in [0.1, 0.15) is 12.6 Å². The Kier molecular flexibility index (Phi) is 10.8. The van der Waals surface area contributed by atoms with Gasteiger partial charge in [0.2, 0.25) is 21.8 Å². The van der Waals surface area contributed by atoms with Crippen LogP contribution in [-0.4, -0.2) is 50.0 Å². The number of sulfonamides is 1. The molecule has 3 rings (SSSR count). The van der Waals surface area contributed by atoms with E-state index in [1.165, 1.54) is 4.90 Å². The maximum Gasteiger partial charge on any atom is 0.244 e. The third-order valence-electron chi connectivity index (χ3n) is 6.85. The molecule has 2 amide bonds. The highest BCUT2D eigenvalue weighted by molar-refractivity contribution is 7.92. The van der Waals surface area contributed by atoms with Gasteiger partial charge in [-0.05, 0) is 62.1 Å². The van der Waals surface area contributed by atoms with Crippen LogP contribution in [0, 0.1) is 13.8 Å². The third kappa shape index (κ3) is 8.57. The topological polar surface area (TPSA) is 86.8 Å². The predicted octanol–water partition coefficient (Wildman–Crippen LogP) is 5.28. The Balaban J connectivity index is 2.07. The SMILES string of the molecule is CCC(C)NC(=O)C(Cc1ccccc1)N(Cc1ccc(C)cc1)C(=O)CN(c1ccc(Cl)cc1C)S(C)(=O)=O. The van der Waals surface area contributed by atoms with Crippen LogP contribution < -0.4 is 9.62 Å². The van der Waals surface area contributed by atoms with Crippen molar-refractivity contribution >= 4 is 39.1 Å². The number of anilines is 1. The van der Waals surface area contributed by atoms with Crippen LogP contribution in [0.3, 0.4) is 0 Å². The number of benzene rings is 3. The number of amides is 2. The van der Waals surface area contributed by atoms with Crippen LogP contribution in [0.2, 0.25) is 5.02 Å². The van der Waals surface area contributed by atoms with E-state index in [-0.39, 0.29) is 24.9 Å². The van der Waals surface area contributed by atoms with E-state index >= 15 is 0 Å². The average Bonchev–Trinajstić information content (AvgIpc) is 2.90. The van der Waals surface area contributed by atoms with Gasteiger partial charge in [0.05, 0.1) is 11.9 Å². The van der Waals surface area contributed by atoms with Crippen molar-refractivity contribution in [3.05, 3.63) is 100 Å². The van der Waals surface area contributed by atoms with Crippen LogP contribution >= 0.6 is 11.6 Å². The molecule has 214 valence electrons. The minimum Gasteiger partial charge on any atom is -0.352 e. The molecular formula is C31H38ClN3O4S. The van der Waals surface area contributed by atoms with E-state index in [2.05, 4.69) is 5.32 Å². The summed E-state index contributed by atoms with van der Waals surface area (Å²) in [5.41, 5.74) is 3.77. The normalized spacial score (nSPS) is 12.8. The number of halogens is 1. The van der Waals surface area contributed by atoms with Crippen molar-refractivity contribution in [1.29, 1.82) is 0 Å². The number of hydrogen-bond donors (Lipinski definition) is 1. The quantitative estimate of drug-likeness (QED) is 0.314. The molecular weight excluding hydrogens is 546 g/mol. The Bertz CT molecular complexity index is 1410. The second-order valence-corrected chi connectivity index (χ2v) is 12.6. The van der Waals surface area contributed by atoms with Gasteiger partial charge in [-0.25, -0.2) is 8.42 Å². The summed E-state index contributed by atoms with van der Waals surface area (Å²) in [6, 6.07) is 21.1. The van der Waals surface area contributed by atoms with Crippen LogP contribution in [0.15, 0.2) is 72.8 Å². The third-order valence-corrected chi connectivity index (χ3v) is 8.21. The summed E-state index contributed by atoms with van der Waals surface area (Å²) in [6.07, 6.45) is 2.07. The van der Waals surface area contributed by atoms with Crippen LogP contribution in [0.1, 0.15) is 42.5 Å². The fourth-order valence-electron chi connectivity index (χ4n) is 4.38. The molecule has 0 spiro atoms. The molecule has 0 saturated heterocycles. The molecule has 3 aromatic rings. The Labute approximate surface area is 243 Å². The Morgan fingerprint density at radius 1 is 0.950 bits per heavy atom. The van der Waals surface area contributed by atoms with Gasteiger partial charge < -0.3 is 10.2 Å². The van der Waals surface area contributed by atoms with E-state index in [1.807, 2.05) is 75.4 Å². The van der Waals surface area contributed by atoms with E-state index < -0.39 is 28.5 Å². The number of aryl methyl sites for hydroxylation is 2. The first-order valence-electron chi connectivity index (χ1n) is 13.3. The highest BCUT2D eigenvalue weighted by Crippen LogP contribution is 2.26. The number of nitrogens with zero attached hydrogens (tertiary/aromatic N) is 2. The Morgan fingerprint density at radius 2 is 1.60 bits per heavy atom. The molecule has 7 nitrogen and oxygen atoms in total. The summed E-state index contributed by atoms with van der Waals surface area (Å²) in [6.45, 7) is 7.29. The predicted molar refractivity (Wildman–Crippen MR) is 162 cm³/mol. The van der Waals surface area contributed by atoms with E-state index in [4.69, 9.17) is 11.6 Å². The van der Waals surface area contributed by atoms with Crippen molar-refractivity contribution in [1.82, 2.24) is 10.2 Å². The van der Waals surface area contributed by atoms with Gasteiger partial charge in [0, 0.05) is 24.0 Å². The summed E-state index contributed by atoms with van der Waals surface area (Å²) < 4.78 is 27.0. The van der Waals surface area contributed by atoms with Gasteiger partial charge in [0.25, 0.3) is 0 Å². The molecule has 0 fully saturated rings. The number of rotatable bonds is 12. The van der Waals surface area contributed by atoms with Crippen molar-refractivity contribution in [2.24, 2.45) is 0 Å². The highest BCUT2D eigenvalue weighted by Gasteiger charge is 2.33. The van der Waals surface area contributed by atoms with Gasteiger partial charge in [-0.3, -0.25) is 13.9 Å². The maximum atomic E-state index is 14.1. The summed E-state index contributed by atoms with van der Waals surface area (Å²) in [5, 5.41) is 3.50. The lowest BCUT2D eigenvalue weighted by molar-refractivity contribution is -0.140. The minimum absolute atomic E-state index is 0.0914. The van der Waals surface area contributed by atoms with Crippen molar-refractivity contribution in [3.63, 3.8) is 0 Å². The average molecular weight is 584 g/mol. The van der Waals surface area contributed by atoms with Gasteiger partial charge >= 0.3 is 0 Å². The van der Waals surface area contributed by atoms with Crippen LogP contribution in [-0.2, 0) is 32.6 Å². The second kappa shape index (κ2) is 13.8. The lowest BCUT2D eigenvalue weighted by Gasteiger charge is -2.34. The zero-order chi connectivity index (χ0) is 29.4. The molecule has 3 aromatic carbocycles. The van der Waals surface area contributed by atoms with Crippen molar-refractivity contribution < 1.29 is 18.0 Å². The Morgan fingerprint density at radius 3 is 2.17 bits per heavy atom. The number of nitrogens with one attached hydrogen (secondary N) is 1. The molecule has 0 bridgehead atoms. The molecule has 0 aliphatic carbocycles.